The van der Waals surface area contributed by atoms with E-state index in [4.69, 9.17) is 0 Å². The van der Waals surface area contributed by atoms with Crippen LogP contribution in [0.3, 0.4) is 0 Å². The Labute approximate surface area is 59.6 Å². The number of aromatic nitrogens is 1. The molecule has 1 aliphatic rings. The van der Waals surface area contributed by atoms with E-state index < -0.39 is 0 Å². The molecule has 10 heavy (non-hydrogen) atoms. The van der Waals surface area contributed by atoms with Crippen molar-refractivity contribution in [3.63, 3.8) is 0 Å². The SMILES string of the molecule is [C]1=Nc2cnccc2CC1. The lowest BCUT2D eigenvalue weighted by molar-refractivity contribution is 1.02. The van der Waals surface area contributed by atoms with Crippen molar-refractivity contribution in [3.05, 3.63) is 24.0 Å². The highest BCUT2D eigenvalue weighted by Gasteiger charge is 2.03. The van der Waals surface area contributed by atoms with E-state index in [1.54, 1.807) is 12.4 Å². The Hall–Kier alpha value is -1.18. The van der Waals surface area contributed by atoms with Crippen LogP contribution >= 0.6 is 0 Å². The lowest BCUT2D eigenvalue weighted by Crippen LogP contribution is -1.92. The maximum Gasteiger partial charge on any atom is 0.0848 e. The molecule has 1 aromatic heterocycles. The van der Waals surface area contributed by atoms with Crippen LogP contribution in [0.15, 0.2) is 23.5 Å². The number of pyridine rings is 1. The van der Waals surface area contributed by atoms with Gasteiger partial charge in [0.2, 0.25) is 0 Å². The molecule has 49 valence electrons. The number of nitrogens with zero attached hydrogens (tertiary/aromatic N) is 2. The molecule has 0 amide bonds. The van der Waals surface area contributed by atoms with Crippen molar-refractivity contribution in [2.45, 2.75) is 12.8 Å². The molecule has 2 rings (SSSR count). The van der Waals surface area contributed by atoms with Gasteiger partial charge in [-0.25, -0.2) is 4.99 Å². The number of rotatable bonds is 0. The van der Waals surface area contributed by atoms with Gasteiger partial charge in [0.15, 0.2) is 0 Å². The quantitative estimate of drug-likeness (QED) is 0.525. The molecule has 0 bridgehead atoms. The molecule has 1 aromatic rings. The van der Waals surface area contributed by atoms with Crippen molar-refractivity contribution in [2.24, 2.45) is 4.99 Å². The highest BCUT2D eigenvalue weighted by atomic mass is 14.8. The Morgan fingerprint density at radius 3 is 3.40 bits per heavy atom. The van der Waals surface area contributed by atoms with E-state index in [1.165, 1.54) is 5.56 Å². The molecule has 0 saturated carbocycles. The van der Waals surface area contributed by atoms with Crippen LogP contribution in [0.2, 0.25) is 0 Å². The predicted molar refractivity (Wildman–Crippen MR) is 39.7 cm³/mol. The lowest BCUT2D eigenvalue weighted by Gasteiger charge is -2.05. The van der Waals surface area contributed by atoms with Gasteiger partial charge in [0, 0.05) is 6.20 Å². The summed E-state index contributed by atoms with van der Waals surface area (Å²) >= 11 is 0. The topological polar surface area (TPSA) is 25.2 Å². The van der Waals surface area contributed by atoms with E-state index in [1.807, 2.05) is 6.07 Å². The average molecular weight is 131 g/mol. The molecule has 0 fully saturated rings. The molecule has 0 atom stereocenters. The van der Waals surface area contributed by atoms with Gasteiger partial charge in [0.05, 0.1) is 18.1 Å². The van der Waals surface area contributed by atoms with Gasteiger partial charge in [-0.15, -0.1) is 0 Å². The second-order valence-electron chi connectivity index (χ2n) is 2.27. The largest absolute Gasteiger partial charge is 0.262 e. The molecule has 0 unspecified atom stereocenters. The Morgan fingerprint density at radius 2 is 2.50 bits per heavy atom. The van der Waals surface area contributed by atoms with Gasteiger partial charge in [0.1, 0.15) is 0 Å². The van der Waals surface area contributed by atoms with Crippen molar-refractivity contribution in [1.82, 2.24) is 4.98 Å². The second-order valence-corrected chi connectivity index (χ2v) is 2.27. The zero-order valence-electron chi connectivity index (χ0n) is 5.54. The third-order valence-corrected chi connectivity index (χ3v) is 1.59. The monoisotopic (exact) mass is 131 g/mol. The summed E-state index contributed by atoms with van der Waals surface area (Å²) < 4.78 is 0. The van der Waals surface area contributed by atoms with Crippen LogP contribution < -0.4 is 0 Å². The van der Waals surface area contributed by atoms with Gasteiger partial charge in [-0.05, 0) is 24.5 Å². The standard InChI is InChI=1S/C8H7N2/c1-2-7-3-5-9-6-8(7)10-4-1/h3,5-6H,1-2H2. The molecule has 1 radical (unpaired) electrons. The minimum Gasteiger partial charge on any atom is -0.262 e. The van der Waals surface area contributed by atoms with Gasteiger partial charge < -0.3 is 0 Å². The van der Waals surface area contributed by atoms with Crippen molar-refractivity contribution in [3.8, 4) is 0 Å². The zero-order valence-corrected chi connectivity index (χ0v) is 5.54. The fourth-order valence-corrected chi connectivity index (χ4v) is 1.06. The first kappa shape index (κ1) is 5.59. The molecule has 0 aliphatic carbocycles. The smallest absolute Gasteiger partial charge is 0.0848 e. The third kappa shape index (κ3) is 0.817. The van der Waals surface area contributed by atoms with Gasteiger partial charge >= 0.3 is 0 Å². The summed E-state index contributed by atoms with van der Waals surface area (Å²) in [5.41, 5.74) is 2.27. The first-order chi connectivity index (χ1) is 4.97. The fraction of sp³-hybridized carbons (Fsp3) is 0.250. The average Bonchev–Trinajstić information content (AvgIpc) is 2.05. The second kappa shape index (κ2) is 2.21. The Bertz CT molecular complexity index is 266. The van der Waals surface area contributed by atoms with Crippen LogP contribution in [0.5, 0.6) is 0 Å². The predicted octanol–water partition coefficient (Wildman–Crippen LogP) is 1.61. The van der Waals surface area contributed by atoms with Gasteiger partial charge in [-0.2, -0.15) is 0 Å². The van der Waals surface area contributed by atoms with Crippen LogP contribution in [-0.4, -0.2) is 11.2 Å². The Balaban J connectivity index is 2.54. The maximum absolute atomic E-state index is 4.08. The molecule has 0 spiro atoms. The molecular formula is C8H7N2. The van der Waals surface area contributed by atoms with E-state index >= 15 is 0 Å². The molecule has 0 N–H and O–H groups in total. The van der Waals surface area contributed by atoms with Crippen molar-refractivity contribution >= 4 is 11.9 Å². The summed E-state index contributed by atoms with van der Waals surface area (Å²) in [5, 5.41) is 0. The Morgan fingerprint density at radius 1 is 1.50 bits per heavy atom. The first-order valence-corrected chi connectivity index (χ1v) is 3.33. The van der Waals surface area contributed by atoms with Gasteiger partial charge in [0.25, 0.3) is 0 Å². The summed E-state index contributed by atoms with van der Waals surface area (Å²) in [7, 11) is 0. The van der Waals surface area contributed by atoms with Crippen molar-refractivity contribution in [1.29, 1.82) is 0 Å². The minimum atomic E-state index is 0.941. The summed E-state index contributed by atoms with van der Waals surface area (Å²) in [6.07, 6.45) is 8.51. The molecule has 2 heteroatoms. The number of hydrogen-bond donors (Lipinski definition) is 0. The summed E-state index contributed by atoms with van der Waals surface area (Å²) in [6.45, 7) is 0. The van der Waals surface area contributed by atoms with Crippen LogP contribution in [0.4, 0.5) is 5.69 Å². The van der Waals surface area contributed by atoms with Gasteiger partial charge in [-0.1, -0.05) is 0 Å². The van der Waals surface area contributed by atoms with E-state index in [0.29, 0.717) is 0 Å². The molecular weight excluding hydrogens is 124 g/mol. The summed E-state index contributed by atoms with van der Waals surface area (Å²) in [6, 6.07) is 2.01. The van der Waals surface area contributed by atoms with Crippen LogP contribution in [0.1, 0.15) is 12.0 Å². The normalized spacial score (nSPS) is 14.8. The highest BCUT2D eigenvalue weighted by Crippen LogP contribution is 2.21. The number of aryl methyl sites for hydroxylation is 1. The fourth-order valence-electron chi connectivity index (χ4n) is 1.06. The van der Waals surface area contributed by atoms with Crippen LogP contribution in [0, 0.1) is 0 Å². The number of fused-ring (bicyclic) bond motifs is 1. The van der Waals surface area contributed by atoms with E-state index in [-0.39, 0.29) is 0 Å². The number of aliphatic imine (C=N–C) groups is 1. The summed E-state index contributed by atoms with van der Waals surface area (Å²) in [5.74, 6) is 0. The minimum absolute atomic E-state index is 0.941. The zero-order chi connectivity index (χ0) is 6.81. The lowest BCUT2D eigenvalue weighted by atomic mass is 10.1. The van der Waals surface area contributed by atoms with E-state index in [2.05, 4.69) is 16.2 Å². The van der Waals surface area contributed by atoms with Gasteiger partial charge in [-0.3, -0.25) is 4.98 Å². The van der Waals surface area contributed by atoms with Crippen molar-refractivity contribution < 1.29 is 0 Å². The third-order valence-electron chi connectivity index (χ3n) is 1.59. The maximum atomic E-state index is 4.08. The van der Waals surface area contributed by atoms with E-state index in [9.17, 15) is 0 Å². The number of hydrogen-bond acceptors (Lipinski definition) is 2. The summed E-state index contributed by atoms with van der Waals surface area (Å²) in [4.78, 5) is 8.04. The molecule has 1 aliphatic heterocycles. The first-order valence-electron chi connectivity index (χ1n) is 3.33. The Kier molecular flexibility index (Phi) is 1.24. The molecule has 2 heterocycles. The van der Waals surface area contributed by atoms with Crippen LogP contribution in [0.25, 0.3) is 0 Å². The van der Waals surface area contributed by atoms with E-state index in [0.717, 1.165) is 18.5 Å². The van der Waals surface area contributed by atoms with Crippen molar-refractivity contribution in [2.75, 3.05) is 0 Å². The van der Waals surface area contributed by atoms with Crippen LogP contribution in [-0.2, 0) is 6.42 Å². The highest BCUT2D eigenvalue weighted by molar-refractivity contribution is 5.67. The molecule has 2 nitrogen and oxygen atoms in total. The molecule has 0 saturated heterocycles. The molecule has 0 aromatic carbocycles.